The van der Waals surface area contributed by atoms with E-state index in [4.69, 9.17) is 0 Å². The summed E-state index contributed by atoms with van der Waals surface area (Å²) in [7, 11) is 0. The summed E-state index contributed by atoms with van der Waals surface area (Å²) in [5.41, 5.74) is 0. The van der Waals surface area contributed by atoms with Crippen molar-refractivity contribution < 1.29 is 0 Å². The topological polar surface area (TPSA) is 12.0 Å². The van der Waals surface area contributed by atoms with E-state index in [0.29, 0.717) is 0 Å². The van der Waals surface area contributed by atoms with Gasteiger partial charge in [-0.25, -0.2) is 0 Å². The van der Waals surface area contributed by atoms with Gasteiger partial charge in [0.2, 0.25) is 0 Å². The van der Waals surface area contributed by atoms with Gasteiger partial charge >= 0.3 is 0 Å². The normalized spacial score (nSPS) is 23.5. The largest absolute Gasteiger partial charge is 0.312 e. The van der Waals surface area contributed by atoms with Crippen molar-refractivity contribution in [2.45, 2.75) is 109 Å². The molecule has 1 saturated heterocycles. The monoisotopic (exact) mass is 279 g/mol. The predicted octanol–water partition coefficient (Wildman–Crippen LogP) is 5.99. The lowest BCUT2D eigenvalue weighted by atomic mass is 9.96. The molecule has 0 unspecified atom stereocenters. The van der Waals surface area contributed by atoms with Gasteiger partial charge in [-0.2, -0.15) is 0 Å². The maximum Gasteiger partial charge on any atom is 0.00696 e. The highest BCUT2D eigenvalue weighted by Crippen LogP contribution is 2.16. The minimum atomic E-state index is 0.747. The Balaban J connectivity index is 1.84. The van der Waals surface area contributed by atoms with Crippen LogP contribution in [0.4, 0.5) is 0 Å². The number of hydrogen-bond donors (Lipinski definition) is 1. The van der Waals surface area contributed by atoms with Crippen LogP contribution in [-0.2, 0) is 0 Å². The highest BCUT2D eigenvalue weighted by Gasteiger charge is 2.16. The third-order valence-corrected chi connectivity index (χ3v) is 4.52. The van der Waals surface area contributed by atoms with E-state index >= 15 is 0 Å². The summed E-state index contributed by atoms with van der Waals surface area (Å²) in [6, 6.07) is 1.54. The molecule has 0 saturated carbocycles. The minimum Gasteiger partial charge on any atom is -0.312 e. The fourth-order valence-electron chi connectivity index (χ4n) is 3.23. The first-order chi connectivity index (χ1) is 9.83. The van der Waals surface area contributed by atoms with E-state index in [1.165, 1.54) is 83.5 Å². The standard InChI is InChI=1S/C19H37N/c1-3-4-5-6-7-8-9-10-11-12-13-16-19-17-14-15-18(2)20-19/h10-11,18-20H,3-9,12-17H2,1-2H3/t18-,19+/m0/s1. The molecule has 0 aromatic rings. The van der Waals surface area contributed by atoms with Crippen LogP contribution in [0.15, 0.2) is 12.2 Å². The molecule has 0 spiro atoms. The molecule has 1 nitrogen and oxygen atoms in total. The van der Waals surface area contributed by atoms with Gasteiger partial charge in [0.15, 0.2) is 0 Å². The van der Waals surface area contributed by atoms with Gasteiger partial charge in [-0.15, -0.1) is 0 Å². The molecule has 0 aromatic carbocycles. The molecule has 0 aromatic heterocycles. The summed E-state index contributed by atoms with van der Waals surface area (Å²) >= 11 is 0. The molecular formula is C19H37N. The average Bonchev–Trinajstić information content (AvgIpc) is 2.45. The molecule has 1 rings (SSSR count). The van der Waals surface area contributed by atoms with Crippen molar-refractivity contribution in [1.82, 2.24) is 5.32 Å². The van der Waals surface area contributed by atoms with Crippen LogP contribution in [0.25, 0.3) is 0 Å². The number of nitrogens with one attached hydrogen (secondary N) is 1. The van der Waals surface area contributed by atoms with E-state index in [2.05, 4.69) is 31.3 Å². The van der Waals surface area contributed by atoms with E-state index in [1.54, 1.807) is 0 Å². The van der Waals surface area contributed by atoms with E-state index in [-0.39, 0.29) is 0 Å². The zero-order valence-corrected chi connectivity index (χ0v) is 14.0. The molecule has 0 bridgehead atoms. The first-order valence-electron chi connectivity index (χ1n) is 9.24. The number of unbranched alkanes of at least 4 members (excludes halogenated alkanes) is 7. The summed E-state index contributed by atoms with van der Waals surface area (Å²) < 4.78 is 0. The molecule has 1 aliphatic rings. The second-order valence-corrected chi connectivity index (χ2v) is 6.65. The highest BCUT2D eigenvalue weighted by molar-refractivity contribution is 4.83. The van der Waals surface area contributed by atoms with E-state index < -0.39 is 0 Å². The predicted molar refractivity (Wildman–Crippen MR) is 91.2 cm³/mol. The summed E-state index contributed by atoms with van der Waals surface area (Å²) in [6.45, 7) is 4.61. The number of hydrogen-bond acceptors (Lipinski definition) is 1. The Bertz CT molecular complexity index is 234. The van der Waals surface area contributed by atoms with Gasteiger partial charge in [-0.05, 0) is 51.9 Å². The van der Waals surface area contributed by atoms with Crippen LogP contribution in [0.5, 0.6) is 0 Å². The summed E-state index contributed by atoms with van der Waals surface area (Å²) in [5.74, 6) is 0. The van der Waals surface area contributed by atoms with Crippen molar-refractivity contribution in [3.05, 3.63) is 12.2 Å². The zero-order chi connectivity index (χ0) is 14.5. The Morgan fingerprint density at radius 3 is 2.35 bits per heavy atom. The summed E-state index contributed by atoms with van der Waals surface area (Å²) in [4.78, 5) is 0. The molecule has 1 heteroatoms. The summed E-state index contributed by atoms with van der Waals surface area (Å²) in [6.07, 6.45) is 22.8. The Morgan fingerprint density at radius 1 is 0.900 bits per heavy atom. The molecule has 118 valence electrons. The maximum absolute atomic E-state index is 3.73. The molecule has 1 heterocycles. The van der Waals surface area contributed by atoms with Crippen molar-refractivity contribution in [3.63, 3.8) is 0 Å². The molecule has 20 heavy (non-hydrogen) atoms. The number of allylic oxidation sites excluding steroid dienone is 2. The molecular weight excluding hydrogens is 242 g/mol. The fourth-order valence-corrected chi connectivity index (χ4v) is 3.23. The van der Waals surface area contributed by atoms with Crippen molar-refractivity contribution in [2.75, 3.05) is 0 Å². The van der Waals surface area contributed by atoms with Gasteiger partial charge in [-0.1, -0.05) is 57.6 Å². The second kappa shape index (κ2) is 12.4. The quantitative estimate of drug-likeness (QED) is 0.361. The number of rotatable bonds is 11. The molecule has 0 amide bonds. The van der Waals surface area contributed by atoms with E-state index in [0.717, 1.165) is 12.1 Å². The van der Waals surface area contributed by atoms with Crippen molar-refractivity contribution in [1.29, 1.82) is 0 Å². The molecule has 2 atom stereocenters. The Morgan fingerprint density at radius 2 is 1.60 bits per heavy atom. The van der Waals surface area contributed by atoms with Crippen molar-refractivity contribution in [3.8, 4) is 0 Å². The van der Waals surface area contributed by atoms with Crippen LogP contribution < -0.4 is 5.32 Å². The molecule has 1 fully saturated rings. The molecule has 0 aliphatic carbocycles. The lowest BCUT2D eigenvalue weighted by molar-refractivity contribution is 0.318. The third-order valence-electron chi connectivity index (χ3n) is 4.52. The smallest absolute Gasteiger partial charge is 0.00696 e. The van der Waals surface area contributed by atoms with E-state index in [1.807, 2.05) is 0 Å². The van der Waals surface area contributed by atoms with Gasteiger partial charge in [-0.3, -0.25) is 0 Å². The molecule has 1 aliphatic heterocycles. The van der Waals surface area contributed by atoms with Crippen LogP contribution >= 0.6 is 0 Å². The Hall–Kier alpha value is -0.300. The van der Waals surface area contributed by atoms with Crippen LogP contribution in [0, 0.1) is 0 Å². The van der Waals surface area contributed by atoms with E-state index in [9.17, 15) is 0 Å². The second-order valence-electron chi connectivity index (χ2n) is 6.65. The SMILES string of the molecule is CCCCCCCCC=CCCC[C@@H]1CCC[C@H](C)N1. The van der Waals surface area contributed by atoms with Crippen molar-refractivity contribution >= 4 is 0 Å². The Labute approximate surface area is 127 Å². The van der Waals surface area contributed by atoms with Crippen molar-refractivity contribution in [2.24, 2.45) is 0 Å². The van der Waals surface area contributed by atoms with Gasteiger partial charge in [0.05, 0.1) is 0 Å². The third kappa shape index (κ3) is 9.58. The number of piperidine rings is 1. The van der Waals surface area contributed by atoms with Crippen LogP contribution in [-0.4, -0.2) is 12.1 Å². The highest BCUT2D eigenvalue weighted by atomic mass is 15.0. The lowest BCUT2D eigenvalue weighted by Gasteiger charge is -2.28. The molecule has 1 N–H and O–H groups in total. The van der Waals surface area contributed by atoms with Gasteiger partial charge in [0, 0.05) is 12.1 Å². The first-order valence-corrected chi connectivity index (χ1v) is 9.24. The van der Waals surface area contributed by atoms with Gasteiger partial charge < -0.3 is 5.32 Å². The average molecular weight is 280 g/mol. The van der Waals surface area contributed by atoms with Crippen LogP contribution in [0.2, 0.25) is 0 Å². The van der Waals surface area contributed by atoms with Crippen LogP contribution in [0.3, 0.4) is 0 Å². The molecule has 0 radical (unpaired) electrons. The van der Waals surface area contributed by atoms with Gasteiger partial charge in [0.25, 0.3) is 0 Å². The van der Waals surface area contributed by atoms with Crippen LogP contribution in [0.1, 0.15) is 97.3 Å². The van der Waals surface area contributed by atoms with Gasteiger partial charge in [0.1, 0.15) is 0 Å². The lowest BCUT2D eigenvalue weighted by Crippen LogP contribution is -2.40. The Kier molecular flexibility index (Phi) is 11.0. The first kappa shape index (κ1) is 17.8. The zero-order valence-electron chi connectivity index (χ0n) is 14.0. The minimum absolute atomic E-state index is 0.747. The fraction of sp³-hybridized carbons (Fsp3) is 0.895. The maximum atomic E-state index is 3.73. The summed E-state index contributed by atoms with van der Waals surface area (Å²) in [5, 5.41) is 3.73.